The number of amidine groups is 2. The topological polar surface area (TPSA) is 179 Å². The number of aliphatic carboxylic acids is 1. The van der Waals surface area contributed by atoms with Gasteiger partial charge in [-0.15, -0.1) is 0 Å². The zero-order chi connectivity index (χ0) is 27.9. The lowest BCUT2D eigenvalue weighted by atomic mass is 10.2. The monoisotopic (exact) mass is 526 g/mol. The molecule has 11 heteroatoms. The summed E-state index contributed by atoms with van der Waals surface area (Å²) in [7, 11) is 0. The first-order valence-electron chi connectivity index (χ1n) is 12.5. The van der Waals surface area contributed by atoms with Gasteiger partial charge in [0.2, 0.25) is 5.91 Å². The van der Waals surface area contributed by atoms with E-state index in [0.29, 0.717) is 37.3 Å². The Morgan fingerprint density at radius 2 is 1.29 bits per heavy atom. The molecule has 1 aliphatic heterocycles. The highest BCUT2D eigenvalue weighted by atomic mass is 16.5. The van der Waals surface area contributed by atoms with E-state index in [1.165, 1.54) is 0 Å². The van der Waals surface area contributed by atoms with Crippen molar-refractivity contribution in [3.8, 4) is 11.5 Å². The highest BCUT2D eigenvalue weighted by Gasteiger charge is 2.20. The lowest BCUT2D eigenvalue weighted by Gasteiger charge is -2.22. The molecule has 0 radical (unpaired) electrons. The predicted molar refractivity (Wildman–Crippen MR) is 146 cm³/mol. The Morgan fingerprint density at radius 3 is 1.74 bits per heavy atom. The van der Waals surface area contributed by atoms with Crippen LogP contribution in [0.25, 0.3) is 0 Å². The molecule has 0 saturated carbocycles. The smallest absolute Gasteiger partial charge is 0.300 e. The zero-order valence-electron chi connectivity index (χ0n) is 21.8. The van der Waals surface area contributed by atoms with Crippen molar-refractivity contribution >= 4 is 23.5 Å². The minimum atomic E-state index is -0.833. The molecule has 38 heavy (non-hydrogen) atoms. The number of nitrogen functional groups attached to an aromatic ring is 2. The molecule has 0 bridgehead atoms. The van der Waals surface area contributed by atoms with Crippen molar-refractivity contribution in [2.24, 2.45) is 11.5 Å². The summed E-state index contributed by atoms with van der Waals surface area (Å²) in [5.41, 5.74) is 12.3. The van der Waals surface area contributed by atoms with Crippen molar-refractivity contribution in [2.45, 2.75) is 26.2 Å². The van der Waals surface area contributed by atoms with Gasteiger partial charge >= 0.3 is 0 Å². The van der Waals surface area contributed by atoms with Gasteiger partial charge in [0.15, 0.2) is 0 Å². The number of rotatable bonds is 12. The summed E-state index contributed by atoms with van der Waals surface area (Å²) in [5, 5.41) is 22.3. The molecule has 7 N–H and O–H groups in total. The summed E-state index contributed by atoms with van der Waals surface area (Å²) in [6.07, 6.45) is 2.16. The van der Waals surface area contributed by atoms with Crippen molar-refractivity contribution in [3.63, 3.8) is 0 Å². The van der Waals surface area contributed by atoms with Crippen LogP contribution in [0.2, 0.25) is 0 Å². The van der Waals surface area contributed by atoms with Crippen LogP contribution in [-0.4, -0.2) is 84.4 Å². The number of carboxylic acid groups (broad SMARTS) is 1. The molecular formula is C27H38N6O5. The van der Waals surface area contributed by atoms with Crippen LogP contribution < -0.4 is 20.9 Å². The summed E-state index contributed by atoms with van der Waals surface area (Å²) >= 11 is 0. The van der Waals surface area contributed by atoms with Gasteiger partial charge in [-0.2, -0.15) is 0 Å². The number of hydrogen-bond acceptors (Lipinski definition) is 7. The average Bonchev–Trinajstić information content (AvgIpc) is 3.05. The molecule has 1 aliphatic rings. The Balaban J connectivity index is 0.00000118. The number of nitrogens with one attached hydrogen (secondary N) is 2. The van der Waals surface area contributed by atoms with Gasteiger partial charge in [-0.3, -0.25) is 20.4 Å². The second kappa shape index (κ2) is 15.9. The van der Waals surface area contributed by atoms with Gasteiger partial charge in [0.25, 0.3) is 5.97 Å². The third-order valence-corrected chi connectivity index (χ3v) is 5.74. The second-order valence-electron chi connectivity index (χ2n) is 8.77. The highest BCUT2D eigenvalue weighted by molar-refractivity contribution is 5.95. The number of hydrogen-bond donors (Lipinski definition) is 5. The minimum absolute atomic E-state index is 0.0354. The van der Waals surface area contributed by atoms with E-state index in [9.17, 15) is 4.79 Å². The van der Waals surface area contributed by atoms with E-state index in [-0.39, 0.29) is 17.6 Å². The fourth-order valence-corrected chi connectivity index (χ4v) is 3.76. The third kappa shape index (κ3) is 11.3. The first kappa shape index (κ1) is 30.1. The molecule has 0 atom stereocenters. The number of amides is 1. The maximum atomic E-state index is 12.5. The van der Waals surface area contributed by atoms with Crippen LogP contribution in [0.5, 0.6) is 11.5 Å². The van der Waals surface area contributed by atoms with Gasteiger partial charge in [-0.1, -0.05) is 0 Å². The van der Waals surface area contributed by atoms with E-state index in [0.717, 1.165) is 57.4 Å². The number of carbonyl (C=O) groups is 2. The Morgan fingerprint density at radius 1 is 0.842 bits per heavy atom. The number of nitrogens with zero attached hydrogens (tertiary/aromatic N) is 2. The van der Waals surface area contributed by atoms with Crippen LogP contribution in [0.4, 0.5) is 0 Å². The lowest BCUT2D eigenvalue weighted by molar-refractivity contribution is -0.134. The zero-order valence-corrected chi connectivity index (χ0v) is 21.8. The molecular weight excluding hydrogens is 488 g/mol. The summed E-state index contributed by atoms with van der Waals surface area (Å²) < 4.78 is 11.5. The Bertz CT molecular complexity index is 1050. The first-order valence-corrected chi connectivity index (χ1v) is 12.5. The Labute approximate surface area is 223 Å². The average molecular weight is 527 g/mol. The van der Waals surface area contributed by atoms with Gasteiger partial charge in [0.1, 0.15) is 23.2 Å². The van der Waals surface area contributed by atoms with Crippen molar-refractivity contribution in [1.82, 2.24) is 9.80 Å². The van der Waals surface area contributed by atoms with Crippen LogP contribution in [0, 0.1) is 10.8 Å². The van der Waals surface area contributed by atoms with Gasteiger partial charge in [0.05, 0.1) is 13.2 Å². The first-order chi connectivity index (χ1) is 18.2. The third-order valence-electron chi connectivity index (χ3n) is 5.74. The molecule has 1 fully saturated rings. The van der Waals surface area contributed by atoms with Crippen molar-refractivity contribution in [2.75, 3.05) is 45.9 Å². The molecule has 1 amide bonds. The van der Waals surface area contributed by atoms with Crippen molar-refractivity contribution in [3.05, 3.63) is 59.7 Å². The normalized spacial score (nSPS) is 13.6. The molecule has 0 unspecified atom stereocenters. The maximum Gasteiger partial charge on any atom is 0.300 e. The summed E-state index contributed by atoms with van der Waals surface area (Å²) in [6.45, 7) is 6.10. The maximum absolute atomic E-state index is 12.5. The van der Waals surface area contributed by atoms with Gasteiger partial charge in [-0.25, -0.2) is 0 Å². The Kier molecular flexibility index (Phi) is 12.6. The van der Waals surface area contributed by atoms with E-state index in [1.54, 1.807) is 36.4 Å². The summed E-state index contributed by atoms with van der Waals surface area (Å²) in [5.74, 6) is 0.933. The van der Waals surface area contributed by atoms with Crippen molar-refractivity contribution in [1.29, 1.82) is 10.8 Å². The van der Waals surface area contributed by atoms with Crippen LogP contribution >= 0.6 is 0 Å². The minimum Gasteiger partial charge on any atom is -0.494 e. The standard InChI is InChI=1S/C25H34N6O3.C2H4O2/c26-24(27)19-3-7-21(8-4-19)33-17-1-12-30-14-11-23(32)31(16-15-30)13-2-18-34-22-9-5-20(6-10-22)25(28)29;1-2(3)4/h3-10H,1-2,11-18H2,(H3,26,27)(H3,28,29);1H3,(H,3,4). The van der Waals surface area contributed by atoms with E-state index >= 15 is 0 Å². The van der Waals surface area contributed by atoms with Crippen LogP contribution in [0.3, 0.4) is 0 Å². The number of ether oxygens (including phenoxy) is 2. The number of carbonyl (C=O) groups excluding carboxylic acids is 1. The SMILES string of the molecule is CC(=O)O.N=C(N)c1ccc(OCCCN2CCC(=O)N(CCCOc3ccc(C(=N)N)cc3)CC2)cc1. The van der Waals surface area contributed by atoms with E-state index in [4.69, 9.17) is 41.7 Å². The number of benzene rings is 2. The summed E-state index contributed by atoms with van der Waals surface area (Å²) in [6, 6.07) is 14.3. The molecule has 2 aromatic carbocycles. The fraction of sp³-hybridized carbons (Fsp3) is 0.407. The van der Waals surface area contributed by atoms with Crippen LogP contribution in [-0.2, 0) is 9.59 Å². The van der Waals surface area contributed by atoms with Gasteiger partial charge < -0.3 is 35.8 Å². The van der Waals surface area contributed by atoms with E-state index in [1.807, 2.05) is 17.0 Å². The van der Waals surface area contributed by atoms with Crippen LogP contribution in [0.15, 0.2) is 48.5 Å². The predicted octanol–water partition coefficient (Wildman–Crippen LogP) is 2.12. The molecule has 1 saturated heterocycles. The Hall–Kier alpha value is -4.12. The fourth-order valence-electron chi connectivity index (χ4n) is 3.76. The number of nitrogens with two attached hydrogens (primary N) is 2. The van der Waals surface area contributed by atoms with Gasteiger partial charge in [-0.05, 0) is 61.4 Å². The molecule has 11 nitrogen and oxygen atoms in total. The van der Waals surface area contributed by atoms with Gasteiger partial charge in [0, 0.05) is 57.2 Å². The molecule has 1 heterocycles. The second-order valence-corrected chi connectivity index (χ2v) is 8.77. The van der Waals surface area contributed by atoms with E-state index < -0.39 is 5.97 Å². The molecule has 0 spiro atoms. The number of carboxylic acids is 1. The molecule has 206 valence electrons. The van der Waals surface area contributed by atoms with Crippen LogP contribution in [0.1, 0.15) is 37.3 Å². The summed E-state index contributed by atoms with van der Waals surface area (Å²) in [4.78, 5) is 25.7. The largest absolute Gasteiger partial charge is 0.494 e. The highest BCUT2D eigenvalue weighted by Crippen LogP contribution is 2.14. The van der Waals surface area contributed by atoms with E-state index in [2.05, 4.69) is 4.90 Å². The lowest BCUT2D eigenvalue weighted by Crippen LogP contribution is -2.35. The molecule has 0 aromatic heterocycles. The molecule has 3 rings (SSSR count). The molecule has 0 aliphatic carbocycles. The quantitative estimate of drug-likeness (QED) is 0.158. The van der Waals surface area contributed by atoms with Crippen molar-refractivity contribution < 1.29 is 24.2 Å². The molecule has 2 aromatic rings.